The van der Waals surface area contributed by atoms with Crippen molar-refractivity contribution in [1.82, 2.24) is 20.4 Å². The van der Waals surface area contributed by atoms with E-state index in [4.69, 9.17) is 16.1 Å². The maximum atomic E-state index is 6.39. The second-order valence-electron chi connectivity index (χ2n) is 5.70. The lowest BCUT2D eigenvalue weighted by molar-refractivity contribution is 0.136. The summed E-state index contributed by atoms with van der Waals surface area (Å²) in [5, 5.41) is 10.3. The Morgan fingerprint density at radius 2 is 2.21 bits per heavy atom. The first-order valence-corrected chi connectivity index (χ1v) is 9.12. The Hall–Kier alpha value is -1.73. The van der Waals surface area contributed by atoms with Gasteiger partial charge in [-0.1, -0.05) is 41.0 Å². The predicted octanol–water partition coefficient (Wildman–Crippen LogP) is 3.60. The van der Waals surface area contributed by atoms with Crippen molar-refractivity contribution in [2.45, 2.75) is 12.6 Å². The molecule has 1 aliphatic rings. The van der Waals surface area contributed by atoms with E-state index in [0.717, 1.165) is 35.1 Å². The van der Waals surface area contributed by atoms with Crippen molar-refractivity contribution < 1.29 is 4.52 Å². The van der Waals surface area contributed by atoms with Gasteiger partial charge in [0.1, 0.15) is 0 Å². The number of nitrogens with one attached hydrogen (secondary N) is 1. The number of hydrogen-bond acceptors (Lipinski definition) is 6. The summed E-state index contributed by atoms with van der Waals surface area (Å²) in [4.78, 5) is 7.89. The van der Waals surface area contributed by atoms with Crippen LogP contribution in [0.2, 0.25) is 5.02 Å². The molecule has 3 aromatic rings. The van der Waals surface area contributed by atoms with Gasteiger partial charge in [0.05, 0.1) is 11.4 Å². The molecule has 124 valence electrons. The Kier molecular flexibility index (Phi) is 4.62. The lowest BCUT2D eigenvalue weighted by Gasteiger charge is -2.35. The molecule has 1 fully saturated rings. The van der Waals surface area contributed by atoms with Crippen molar-refractivity contribution in [2.24, 2.45) is 0 Å². The van der Waals surface area contributed by atoms with Crippen LogP contribution in [0, 0.1) is 0 Å². The minimum Gasteiger partial charge on any atom is -0.338 e. The standard InChI is InChI=1S/C17H17ClN4OS/c18-13-5-2-1-4-12(13)14-10-19-7-8-22(14)11-16-20-17(21-23-16)15-6-3-9-24-15/h1-6,9,14,19H,7-8,10-11H2. The lowest BCUT2D eigenvalue weighted by atomic mass is 10.0. The van der Waals surface area contributed by atoms with Gasteiger partial charge in [-0.25, -0.2) is 0 Å². The van der Waals surface area contributed by atoms with Gasteiger partial charge in [-0.15, -0.1) is 11.3 Å². The summed E-state index contributed by atoms with van der Waals surface area (Å²) in [5.41, 5.74) is 1.13. The molecular weight excluding hydrogens is 344 g/mol. The van der Waals surface area contributed by atoms with Gasteiger partial charge in [-0.05, 0) is 23.1 Å². The molecule has 0 radical (unpaired) electrons. The summed E-state index contributed by atoms with van der Waals surface area (Å²) in [6.07, 6.45) is 0. The number of nitrogens with zero attached hydrogens (tertiary/aromatic N) is 3. The van der Waals surface area contributed by atoms with E-state index in [0.29, 0.717) is 18.3 Å². The van der Waals surface area contributed by atoms with Crippen LogP contribution in [0.3, 0.4) is 0 Å². The highest BCUT2D eigenvalue weighted by atomic mass is 35.5. The molecule has 24 heavy (non-hydrogen) atoms. The number of piperazine rings is 1. The molecule has 0 aliphatic carbocycles. The number of benzene rings is 1. The molecule has 0 bridgehead atoms. The van der Waals surface area contributed by atoms with Crippen LogP contribution < -0.4 is 5.32 Å². The van der Waals surface area contributed by atoms with Crippen LogP contribution >= 0.6 is 22.9 Å². The third kappa shape index (κ3) is 3.23. The van der Waals surface area contributed by atoms with Gasteiger partial charge in [-0.3, -0.25) is 4.90 Å². The van der Waals surface area contributed by atoms with Crippen molar-refractivity contribution in [3.8, 4) is 10.7 Å². The van der Waals surface area contributed by atoms with E-state index >= 15 is 0 Å². The van der Waals surface area contributed by atoms with Gasteiger partial charge in [0.2, 0.25) is 11.7 Å². The van der Waals surface area contributed by atoms with E-state index in [1.807, 2.05) is 35.7 Å². The Balaban J connectivity index is 1.55. The number of halogens is 1. The normalized spacial score (nSPS) is 18.8. The monoisotopic (exact) mass is 360 g/mol. The van der Waals surface area contributed by atoms with Gasteiger partial charge < -0.3 is 9.84 Å². The fourth-order valence-electron chi connectivity index (χ4n) is 2.99. The minimum atomic E-state index is 0.199. The van der Waals surface area contributed by atoms with Crippen LogP contribution in [0.5, 0.6) is 0 Å². The molecule has 2 aromatic heterocycles. The van der Waals surface area contributed by atoms with Crippen molar-refractivity contribution in [3.05, 3.63) is 58.3 Å². The molecule has 3 heterocycles. The molecule has 1 atom stereocenters. The van der Waals surface area contributed by atoms with E-state index in [1.165, 1.54) is 0 Å². The quantitative estimate of drug-likeness (QED) is 0.770. The molecule has 1 unspecified atom stereocenters. The summed E-state index contributed by atoms with van der Waals surface area (Å²) < 4.78 is 5.46. The smallest absolute Gasteiger partial charge is 0.241 e. The van der Waals surface area contributed by atoms with E-state index in [9.17, 15) is 0 Å². The number of hydrogen-bond donors (Lipinski definition) is 1. The van der Waals surface area contributed by atoms with Crippen LogP contribution in [-0.2, 0) is 6.54 Å². The molecule has 1 N–H and O–H groups in total. The van der Waals surface area contributed by atoms with Crippen LogP contribution in [0.15, 0.2) is 46.3 Å². The fourth-order valence-corrected chi connectivity index (χ4v) is 3.90. The third-order valence-electron chi connectivity index (χ3n) is 4.17. The maximum absolute atomic E-state index is 6.39. The van der Waals surface area contributed by atoms with Crippen LogP contribution in [-0.4, -0.2) is 34.7 Å². The molecule has 0 spiro atoms. The zero-order valence-corrected chi connectivity index (χ0v) is 14.6. The third-order valence-corrected chi connectivity index (χ3v) is 5.38. The highest BCUT2D eigenvalue weighted by Crippen LogP contribution is 2.30. The zero-order valence-electron chi connectivity index (χ0n) is 13.0. The second-order valence-corrected chi connectivity index (χ2v) is 7.06. The van der Waals surface area contributed by atoms with Crippen LogP contribution in [0.1, 0.15) is 17.5 Å². The minimum absolute atomic E-state index is 0.199. The topological polar surface area (TPSA) is 54.2 Å². The summed E-state index contributed by atoms with van der Waals surface area (Å²) in [6, 6.07) is 12.2. The van der Waals surface area contributed by atoms with Crippen molar-refractivity contribution in [2.75, 3.05) is 19.6 Å². The Bertz CT molecular complexity index is 805. The summed E-state index contributed by atoms with van der Waals surface area (Å²) in [7, 11) is 0. The van der Waals surface area contributed by atoms with Crippen LogP contribution in [0.4, 0.5) is 0 Å². The van der Waals surface area contributed by atoms with E-state index < -0.39 is 0 Å². The molecule has 1 aromatic carbocycles. The molecule has 1 aliphatic heterocycles. The molecule has 4 rings (SSSR count). The molecule has 0 saturated carbocycles. The van der Waals surface area contributed by atoms with E-state index in [1.54, 1.807) is 11.3 Å². The van der Waals surface area contributed by atoms with Crippen molar-refractivity contribution >= 4 is 22.9 Å². The second kappa shape index (κ2) is 7.03. The van der Waals surface area contributed by atoms with E-state index in [2.05, 4.69) is 26.4 Å². The number of thiophene rings is 1. The highest BCUT2D eigenvalue weighted by molar-refractivity contribution is 7.13. The predicted molar refractivity (Wildman–Crippen MR) is 95.1 cm³/mol. The SMILES string of the molecule is Clc1ccccc1C1CNCCN1Cc1nc(-c2cccs2)no1. The number of rotatable bonds is 4. The Morgan fingerprint density at radius 3 is 3.04 bits per heavy atom. The first-order valence-electron chi connectivity index (χ1n) is 7.87. The first kappa shape index (κ1) is 15.8. The summed E-state index contributed by atoms with van der Waals surface area (Å²) >= 11 is 8.00. The van der Waals surface area contributed by atoms with E-state index in [-0.39, 0.29) is 6.04 Å². The van der Waals surface area contributed by atoms with Gasteiger partial charge in [0.15, 0.2) is 0 Å². The summed E-state index contributed by atoms with van der Waals surface area (Å²) in [5.74, 6) is 1.29. The Morgan fingerprint density at radius 1 is 1.29 bits per heavy atom. The van der Waals surface area contributed by atoms with Gasteiger partial charge in [0, 0.05) is 30.7 Å². The molecule has 7 heteroatoms. The zero-order chi connectivity index (χ0) is 16.4. The fraction of sp³-hybridized carbons (Fsp3) is 0.294. The highest BCUT2D eigenvalue weighted by Gasteiger charge is 2.27. The average molecular weight is 361 g/mol. The lowest BCUT2D eigenvalue weighted by Crippen LogP contribution is -2.45. The molecule has 1 saturated heterocycles. The largest absolute Gasteiger partial charge is 0.338 e. The molecule has 5 nitrogen and oxygen atoms in total. The van der Waals surface area contributed by atoms with Crippen molar-refractivity contribution in [3.63, 3.8) is 0 Å². The number of aromatic nitrogens is 2. The van der Waals surface area contributed by atoms with Gasteiger partial charge in [-0.2, -0.15) is 4.98 Å². The van der Waals surface area contributed by atoms with Gasteiger partial charge >= 0.3 is 0 Å². The first-order chi connectivity index (χ1) is 11.8. The molecule has 0 amide bonds. The Labute approximate surface area is 149 Å². The van der Waals surface area contributed by atoms with Crippen LogP contribution in [0.25, 0.3) is 10.7 Å². The average Bonchev–Trinajstić information content (AvgIpc) is 3.27. The maximum Gasteiger partial charge on any atom is 0.241 e. The molecular formula is C17H17ClN4OS. The van der Waals surface area contributed by atoms with Crippen molar-refractivity contribution in [1.29, 1.82) is 0 Å². The summed E-state index contributed by atoms with van der Waals surface area (Å²) in [6.45, 7) is 3.32. The van der Waals surface area contributed by atoms with Gasteiger partial charge in [0.25, 0.3) is 0 Å².